The zero-order valence-corrected chi connectivity index (χ0v) is 17.3. The number of ether oxygens (including phenoxy) is 1. The van der Waals surface area contributed by atoms with Gasteiger partial charge in [0, 0.05) is 35.2 Å². The number of morpholine rings is 1. The summed E-state index contributed by atoms with van der Waals surface area (Å²) in [6.45, 7) is 2.26. The van der Waals surface area contributed by atoms with Gasteiger partial charge in [-0.15, -0.1) is 0 Å². The van der Waals surface area contributed by atoms with E-state index in [1.165, 1.54) is 0 Å². The van der Waals surface area contributed by atoms with Crippen LogP contribution >= 0.6 is 11.6 Å². The van der Waals surface area contributed by atoms with Crippen LogP contribution < -0.4 is 0 Å². The van der Waals surface area contributed by atoms with Gasteiger partial charge >= 0.3 is 0 Å². The third kappa shape index (κ3) is 4.32. The van der Waals surface area contributed by atoms with Crippen LogP contribution in [0.25, 0.3) is 10.9 Å². The van der Waals surface area contributed by atoms with Gasteiger partial charge in [-0.25, -0.2) is 8.42 Å². The Balaban J connectivity index is 1.66. The molecular formula is C21H21ClN2O4S. The van der Waals surface area contributed by atoms with Gasteiger partial charge in [-0.2, -0.15) is 0 Å². The normalized spacial score (nSPS) is 15.0. The standard InChI is InChI=1S/C21H21ClN2O4S/c22-17-7-5-16(6-8-17)15-29(26,27)20-13-24(19-4-2-1-3-18(19)20)14-21(25)23-9-11-28-12-10-23/h1-8,13H,9-12,14-15H2. The fraction of sp³-hybridized carbons (Fsp3) is 0.286. The van der Waals surface area contributed by atoms with Crippen molar-refractivity contribution in [2.75, 3.05) is 26.3 Å². The maximum absolute atomic E-state index is 13.1. The minimum atomic E-state index is -3.60. The molecule has 1 aliphatic heterocycles. The number of rotatable bonds is 5. The lowest BCUT2D eigenvalue weighted by Gasteiger charge is -2.27. The molecule has 1 aromatic heterocycles. The van der Waals surface area contributed by atoms with E-state index in [2.05, 4.69) is 0 Å². The minimum absolute atomic E-state index is 0.0456. The number of nitrogens with zero attached hydrogens (tertiary/aromatic N) is 2. The molecule has 3 aromatic rings. The Morgan fingerprint density at radius 3 is 2.45 bits per heavy atom. The van der Waals surface area contributed by atoms with Gasteiger partial charge in [0.25, 0.3) is 0 Å². The fourth-order valence-corrected chi connectivity index (χ4v) is 5.24. The molecule has 0 aliphatic carbocycles. The Hall–Kier alpha value is -2.35. The number of hydrogen-bond donors (Lipinski definition) is 0. The minimum Gasteiger partial charge on any atom is -0.378 e. The zero-order chi connectivity index (χ0) is 20.4. The predicted molar refractivity (Wildman–Crippen MR) is 112 cm³/mol. The van der Waals surface area contributed by atoms with E-state index in [1.54, 1.807) is 52.1 Å². The Morgan fingerprint density at radius 1 is 1.03 bits per heavy atom. The van der Waals surface area contributed by atoms with E-state index < -0.39 is 9.84 Å². The molecule has 6 nitrogen and oxygen atoms in total. The van der Waals surface area contributed by atoms with Crippen molar-refractivity contribution in [3.63, 3.8) is 0 Å². The van der Waals surface area contributed by atoms with Crippen LogP contribution in [0, 0.1) is 0 Å². The average molecular weight is 433 g/mol. The van der Waals surface area contributed by atoms with Gasteiger partial charge in [0.05, 0.1) is 23.9 Å². The number of benzene rings is 2. The molecule has 2 aromatic carbocycles. The van der Waals surface area contributed by atoms with Crippen LogP contribution in [0.3, 0.4) is 0 Å². The summed E-state index contributed by atoms with van der Waals surface area (Å²) in [5.41, 5.74) is 1.39. The SMILES string of the molecule is O=C(Cn1cc(S(=O)(=O)Cc2ccc(Cl)cc2)c2ccccc21)N1CCOCC1. The Bertz CT molecular complexity index is 1130. The van der Waals surface area contributed by atoms with Gasteiger partial charge in [0.2, 0.25) is 5.91 Å². The first-order chi connectivity index (χ1) is 13.9. The van der Waals surface area contributed by atoms with Crippen LogP contribution in [-0.4, -0.2) is 50.1 Å². The molecular weight excluding hydrogens is 412 g/mol. The molecule has 1 aliphatic rings. The van der Waals surface area contributed by atoms with E-state index in [4.69, 9.17) is 16.3 Å². The molecule has 0 saturated carbocycles. The number of sulfone groups is 1. The van der Waals surface area contributed by atoms with Crippen molar-refractivity contribution in [3.8, 4) is 0 Å². The van der Waals surface area contributed by atoms with Gasteiger partial charge in [-0.3, -0.25) is 4.79 Å². The second-order valence-electron chi connectivity index (χ2n) is 7.02. The van der Waals surface area contributed by atoms with Gasteiger partial charge < -0.3 is 14.2 Å². The van der Waals surface area contributed by atoms with Crippen molar-refractivity contribution in [3.05, 3.63) is 65.3 Å². The number of carbonyl (C=O) groups is 1. The molecule has 29 heavy (non-hydrogen) atoms. The molecule has 0 N–H and O–H groups in total. The summed E-state index contributed by atoms with van der Waals surface area (Å²) in [5, 5.41) is 1.18. The van der Waals surface area contributed by atoms with Crippen molar-refractivity contribution in [1.29, 1.82) is 0 Å². The summed E-state index contributed by atoms with van der Waals surface area (Å²) in [5.74, 6) is -0.175. The summed E-state index contributed by atoms with van der Waals surface area (Å²) in [7, 11) is -3.60. The fourth-order valence-electron chi connectivity index (χ4n) is 3.53. The number of hydrogen-bond acceptors (Lipinski definition) is 4. The first kappa shape index (κ1) is 19.9. The van der Waals surface area contributed by atoms with E-state index in [1.807, 2.05) is 12.1 Å². The highest BCUT2D eigenvalue weighted by molar-refractivity contribution is 7.90. The van der Waals surface area contributed by atoms with Crippen molar-refractivity contribution in [1.82, 2.24) is 9.47 Å². The highest BCUT2D eigenvalue weighted by Gasteiger charge is 2.24. The van der Waals surface area contributed by atoms with Crippen LogP contribution in [0.2, 0.25) is 5.02 Å². The molecule has 0 unspecified atom stereocenters. The lowest BCUT2D eigenvalue weighted by atomic mass is 10.2. The predicted octanol–water partition coefficient (Wildman–Crippen LogP) is 3.13. The second kappa shape index (κ2) is 8.18. The van der Waals surface area contributed by atoms with Crippen molar-refractivity contribution >= 4 is 38.2 Å². The zero-order valence-electron chi connectivity index (χ0n) is 15.8. The molecule has 2 heterocycles. The Kier molecular flexibility index (Phi) is 5.63. The molecule has 4 rings (SSSR count). The largest absolute Gasteiger partial charge is 0.378 e. The van der Waals surface area contributed by atoms with E-state index in [0.29, 0.717) is 42.3 Å². The molecule has 0 bridgehead atoms. The van der Waals surface area contributed by atoms with Crippen molar-refractivity contribution in [2.45, 2.75) is 17.2 Å². The summed E-state index contributed by atoms with van der Waals surface area (Å²) >= 11 is 5.90. The molecule has 8 heteroatoms. The first-order valence-corrected chi connectivity index (χ1v) is 11.4. The van der Waals surface area contributed by atoms with Gasteiger partial charge in [0.1, 0.15) is 6.54 Å². The number of fused-ring (bicyclic) bond motifs is 1. The molecule has 1 fully saturated rings. The summed E-state index contributed by atoms with van der Waals surface area (Å²) in [6.07, 6.45) is 1.58. The van der Waals surface area contributed by atoms with Crippen LogP contribution in [0.1, 0.15) is 5.56 Å². The molecule has 1 saturated heterocycles. The highest BCUT2D eigenvalue weighted by atomic mass is 35.5. The van der Waals surface area contributed by atoms with Crippen LogP contribution in [0.15, 0.2) is 59.6 Å². The number of amides is 1. The molecule has 0 atom stereocenters. The van der Waals surface area contributed by atoms with Crippen molar-refractivity contribution in [2.24, 2.45) is 0 Å². The number of carbonyl (C=O) groups excluding carboxylic acids is 1. The smallest absolute Gasteiger partial charge is 0.242 e. The number of halogens is 1. The van der Waals surface area contributed by atoms with Crippen molar-refractivity contribution < 1.29 is 17.9 Å². The number of para-hydroxylation sites is 1. The van der Waals surface area contributed by atoms with E-state index in [0.717, 1.165) is 5.52 Å². The van der Waals surface area contributed by atoms with E-state index >= 15 is 0 Å². The van der Waals surface area contributed by atoms with E-state index in [-0.39, 0.29) is 23.1 Å². The average Bonchev–Trinajstić information content (AvgIpc) is 3.10. The molecule has 1 amide bonds. The topological polar surface area (TPSA) is 68.6 Å². The summed E-state index contributed by atoms with van der Waals surface area (Å²) in [6, 6.07) is 14.0. The van der Waals surface area contributed by atoms with Crippen LogP contribution in [-0.2, 0) is 31.7 Å². The molecule has 0 radical (unpaired) electrons. The number of aromatic nitrogens is 1. The Morgan fingerprint density at radius 2 is 1.72 bits per heavy atom. The monoisotopic (exact) mass is 432 g/mol. The van der Waals surface area contributed by atoms with E-state index in [9.17, 15) is 13.2 Å². The lowest BCUT2D eigenvalue weighted by Crippen LogP contribution is -2.42. The van der Waals surface area contributed by atoms with Crippen LogP contribution in [0.5, 0.6) is 0 Å². The second-order valence-corrected chi connectivity index (χ2v) is 9.41. The Labute approximate surface area is 174 Å². The lowest BCUT2D eigenvalue weighted by molar-refractivity contribution is -0.135. The molecule has 0 spiro atoms. The third-order valence-electron chi connectivity index (χ3n) is 5.03. The van der Waals surface area contributed by atoms with Gasteiger partial charge in [0.15, 0.2) is 9.84 Å². The highest BCUT2D eigenvalue weighted by Crippen LogP contribution is 2.28. The summed E-state index contributed by atoms with van der Waals surface area (Å²) < 4.78 is 33.3. The quantitative estimate of drug-likeness (QED) is 0.621. The maximum atomic E-state index is 13.1. The summed E-state index contributed by atoms with van der Waals surface area (Å²) in [4.78, 5) is 14.7. The first-order valence-electron chi connectivity index (χ1n) is 9.35. The third-order valence-corrected chi connectivity index (χ3v) is 6.99. The molecule has 152 valence electrons. The van der Waals surface area contributed by atoms with Crippen LogP contribution in [0.4, 0.5) is 0 Å². The van der Waals surface area contributed by atoms with Gasteiger partial charge in [-0.1, -0.05) is 41.9 Å². The maximum Gasteiger partial charge on any atom is 0.242 e. The van der Waals surface area contributed by atoms with Gasteiger partial charge in [-0.05, 0) is 23.8 Å².